The van der Waals surface area contributed by atoms with Crippen molar-refractivity contribution in [2.24, 2.45) is 5.92 Å². The summed E-state index contributed by atoms with van der Waals surface area (Å²) < 4.78 is 0. The molecule has 0 radical (unpaired) electrons. The molecule has 5 heteroatoms. The van der Waals surface area contributed by atoms with Crippen LogP contribution in [0.15, 0.2) is 12.5 Å². The van der Waals surface area contributed by atoms with Crippen LogP contribution in [0, 0.1) is 5.92 Å². The Labute approximate surface area is 121 Å². The van der Waals surface area contributed by atoms with Crippen LogP contribution in [0.25, 0.3) is 0 Å². The Bertz CT molecular complexity index is 404. The van der Waals surface area contributed by atoms with Crippen LogP contribution < -0.4 is 5.32 Å². The molecule has 1 saturated heterocycles. The van der Waals surface area contributed by atoms with Crippen molar-refractivity contribution in [2.45, 2.75) is 52.1 Å². The van der Waals surface area contributed by atoms with Gasteiger partial charge in [-0.25, -0.2) is 4.98 Å². The van der Waals surface area contributed by atoms with Crippen molar-refractivity contribution in [1.29, 1.82) is 0 Å². The zero-order valence-electron chi connectivity index (χ0n) is 12.6. The molecule has 2 rings (SSSR count). The normalized spacial score (nSPS) is 23.7. The van der Waals surface area contributed by atoms with Crippen LogP contribution in [0.5, 0.6) is 0 Å². The largest absolute Gasteiger partial charge is 0.356 e. The third kappa shape index (κ3) is 4.07. The number of carbonyl (C=O) groups excluding carboxylic acids is 1. The molecule has 5 nitrogen and oxygen atoms in total. The van der Waals surface area contributed by atoms with Gasteiger partial charge in [-0.3, -0.25) is 9.69 Å². The second-order valence-electron chi connectivity index (χ2n) is 5.77. The zero-order chi connectivity index (χ0) is 14.4. The van der Waals surface area contributed by atoms with Crippen molar-refractivity contribution in [3.63, 3.8) is 0 Å². The number of hydrogen-bond donors (Lipinski definition) is 2. The van der Waals surface area contributed by atoms with Gasteiger partial charge in [0.1, 0.15) is 0 Å². The average Bonchev–Trinajstić information content (AvgIpc) is 2.94. The molecule has 1 aliphatic heterocycles. The minimum atomic E-state index is 0.131. The number of unbranched alkanes of at least 4 members (excludes halogenated alkanes) is 1. The van der Waals surface area contributed by atoms with E-state index in [0.29, 0.717) is 6.04 Å². The van der Waals surface area contributed by atoms with E-state index < -0.39 is 0 Å². The quantitative estimate of drug-likeness (QED) is 0.782. The van der Waals surface area contributed by atoms with Crippen molar-refractivity contribution in [1.82, 2.24) is 20.2 Å². The number of hydrogen-bond acceptors (Lipinski definition) is 3. The highest BCUT2D eigenvalue weighted by atomic mass is 16.1. The third-order valence-electron chi connectivity index (χ3n) is 4.14. The first-order valence-corrected chi connectivity index (χ1v) is 7.69. The molecule has 20 heavy (non-hydrogen) atoms. The summed E-state index contributed by atoms with van der Waals surface area (Å²) in [5, 5.41) is 3.06. The lowest BCUT2D eigenvalue weighted by molar-refractivity contribution is -0.127. The third-order valence-corrected chi connectivity index (χ3v) is 4.14. The number of imidazole rings is 1. The highest BCUT2D eigenvalue weighted by Crippen LogP contribution is 2.23. The Morgan fingerprint density at radius 3 is 3.10 bits per heavy atom. The number of aromatic nitrogens is 2. The first-order chi connectivity index (χ1) is 9.70. The van der Waals surface area contributed by atoms with Gasteiger partial charge in [-0.15, -0.1) is 0 Å². The maximum atomic E-state index is 12.2. The van der Waals surface area contributed by atoms with Crippen LogP contribution >= 0.6 is 0 Å². The molecule has 1 aromatic heterocycles. The van der Waals surface area contributed by atoms with Gasteiger partial charge in [0.25, 0.3) is 0 Å². The number of likely N-dealkylation sites (tertiary alicyclic amines) is 1. The van der Waals surface area contributed by atoms with Crippen molar-refractivity contribution in [3.05, 3.63) is 18.2 Å². The van der Waals surface area contributed by atoms with E-state index in [-0.39, 0.29) is 11.8 Å². The fourth-order valence-corrected chi connectivity index (χ4v) is 2.74. The minimum absolute atomic E-state index is 0.131. The molecular formula is C15H26N4O. The Balaban J connectivity index is 1.85. The van der Waals surface area contributed by atoms with Crippen LogP contribution in [0.4, 0.5) is 0 Å². The van der Waals surface area contributed by atoms with E-state index in [0.717, 1.165) is 51.0 Å². The average molecular weight is 278 g/mol. The Hall–Kier alpha value is -1.36. The van der Waals surface area contributed by atoms with Gasteiger partial charge in [0.15, 0.2) is 0 Å². The van der Waals surface area contributed by atoms with E-state index >= 15 is 0 Å². The van der Waals surface area contributed by atoms with Gasteiger partial charge >= 0.3 is 0 Å². The van der Waals surface area contributed by atoms with Crippen molar-refractivity contribution >= 4 is 5.91 Å². The van der Waals surface area contributed by atoms with Crippen LogP contribution in [0.2, 0.25) is 0 Å². The molecule has 112 valence electrons. The molecule has 2 unspecified atom stereocenters. The summed E-state index contributed by atoms with van der Waals surface area (Å²) >= 11 is 0. The molecular weight excluding hydrogens is 252 g/mol. The number of rotatable bonds is 6. The van der Waals surface area contributed by atoms with E-state index in [1.807, 2.05) is 6.20 Å². The van der Waals surface area contributed by atoms with Gasteiger partial charge in [0.05, 0.1) is 12.2 Å². The highest BCUT2D eigenvalue weighted by molar-refractivity contribution is 5.78. The molecule has 0 spiro atoms. The Morgan fingerprint density at radius 2 is 2.40 bits per heavy atom. The molecule has 0 aromatic carbocycles. The first-order valence-electron chi connectivity index (χ1n) is 7.69. The fraction of sp³-hybridized carbons (Fsp3) is 0.733. The van der Waals surface area contributed by atoms with Crippen LogP contribution in [-0.4, -0.2) is 39.9 Å². The molecule has 0 bridgehead atoms. The van der Waals surface area contributed by atoms with E-state index in [1.54, 1.807) is 6.33 Å². The summed E-state index contributed by atoms with van der Waals surface area (Å²) in [4.78, 5) is 21.7. The van der Waals surface area contributed by atoms with Crippen molar-refractivity contribution in [2.75, 3.05) is 13.1 Å². The topological polar surface area (TPSA) is 61.0 Å². The van der Waals surface area contributed by atoms with Gasteiger partial charge in [-0.1, -0.05) is 13.3 Å². The van der Waals surface area contributed by atoms with E-state index in [1.165, 1.54) is 0 Å². The maximum absolute atomic E-state index is 12.2. The molecule has 0 aliphatic carbocycles. The molecule has 2 atom stereocenters. The Kier molecular flexibility index (Phi) is 5.59. The predicted molar refractivity (Wildman–Crippen MR) is 79.1 cm³/mol. The molecule has 1 fully saturated rings. The molecule has 1 amide bonds. The number of amides is 1. The van der Waals surface area contributed by atoms with Crippen molar-refractivity contribution in [3.8, 4) is 0 Å². The van der Waals surface area contributed by atoms with Gasteiger partial charge in [-0.05, 0) is 26.2 Å². The van der Waals surface area contributed by atoms with Crippen LogP contribution in [0.3, 0.4) is 0 Å². The second kappa shape index (κ2) is 7.43. The SMILES string of the molecule is CCCCNC(=O)C1CCC(C)N(Cc2cnc[nH]2)C1. The molecule has 2 heterocycles. The Morgan fingerprint density at radius 1 is 1.55 bits per heavy atom. The van der Waals surface area contributed by atoms with Crippen LogP contribution in [-0.2, 0) is 11.3 Å². The first kappa shape index (κ1) is 15.0. The summed E-state index contributed by atoms with van der Waals surface area (Å²) in [5.41, 5.74) is 1.11. The summed E-state index contributed by atoms with van der Waals surface area (Å²) in [6.07, 6.45) is 7.83. The molecule has 0 saturated carbocycles. The lowest BCUT2D eigenvalue weighted by Gasteiger charge is -2.37. The number of nitrogens with zero attached hydrogens (tertiary/aromatic N) is 2. The smallest absolute Gasteiger partial charge is 0.224 e. The number of aromatic amines is 1. The standard InChI is InChI=1S/C15H26N4O/c1-3-4-7-17-15(20)13-6-5-12(2)19(9-13)10-14-8-16-11-18-14/h8,11-13H,3-7,9-10H2,1-2H3,(H,16,18)(H,17,20). The second-order valence-corrected chi connectivity index (χ2v) is 5.77. The summed E-state index contributed by atoms with van der Waals surface area (Å²) in [5.74, 6) is 0.353. The number of H-pyrrole nitrogens is 1. The molecule has 2 N–H and O–H groups in total. The predicted octanol–water partition coefficient (Wildman–Crippen LogP) is 1.93. The van der Waals surface area contributed by atoms with E-state index in [9.17, 15) is 4.79 Å². The molecule has 1 aliphatic rings. The van der Waals surface area contributed by atoms with Gasteiger partial charge in [-0.2, -0.15) is 0 Å². The summed E-state index contributed by atoms with van der Waals surface area (Å²) in [6, 6.07) is 0.526. The van der Waals surface area contributed by atoms with Gasteiger partial charge in [0, 0.05) is 37.6 Å². The number of piperidine rings is 1. The summed E-state index contributed by atoms with van der Waals surface area (Å²) in [7, 11) is 0. The zero-order valence-corrected chi connectivity index (χ0v) is 12.6. The fourth-order valence-electron chi connectivity index (χ4n) is 2.74. The number of carbonyl (C=O) groups is 1. The number of nitrogens with one attached hydrogen (secondary N) is 2. The van der Waals surface area contributed by atoms with Crippen LogP contribution in [0.1, 0.15) is 45.2 Å². The minimum Gasteiger partial charge on any atom is -0.356 e. The monoisotopic (exact) mass is 278 g/mol. The van der Waals surface area contributed by atoms with Gasteiger partial charge in [0.2, 0.25) is 5.91 Å². The van der Waals surface area contributed by atoms with E-state index in [2.05, 4.69) is 34.0 Å². The lowest BCUT2D eigenvalue weighted by Crippen LogP contribution is -2.46. The maximum Gasteiger partial charge on any atom is 0.224 e. The van der Waals surface area contributed by atoms with Gasteiger partial charge < -0.3 is 10.3 Å². The lowest BCUT2D eigenvalue weighted by atomic mass is 9.92. The molecule has 1 aromatic rings. The van der Waals surface area contributed by atoms with E-state index in [4.69, 9.17) is 0 Å². The van der Waals surface area contributed by atoms with Crippen molar-refractivity contribution < 1.29 is 4.79 Å². The highest BCUT2D eigenvalue weighted by Gasteiger charge is 2.29. The summed E-state index contributed by atoms with van der Waals surface area (Å²) in [6.45, 7) is 6.88.